The Bertz CT molecular complexity index is 508. The highest BCUT2D eigenvalue weighted by Gasteiger charge is 2.04. The Morgan fingerprint density at radius 2 is 1.88 bits per heavy atom. The van der Waals surface area contributed by atoms with E-state index in [2.05, 4.69) is 34.8 Å². The molecule has 1 unspecified atom stereocenters. The van der Waals surface area contributed by atoms with Crippen molar-refractivity contribution in [2.75, 3.05) is 19.6 Å². The topological polar surface area (TPSA) is 65.5 Å². The highest BCUT2D eigenvalue weighted by Crippen LogP contribution is 2.03. The van der Waals surface area contributed by atoms with Gasteiger partial charge in [0.05, 0.1) is 13.0 Å². The Hall–Kier alpha value is -1.38. The van der Waals surface area contributed by atoms with Crippen LogP contribution >= 0.6 is 24.0 Å². The average molecular weight is 450 g/mol. The van der Waals surface area contributed by atoms with Gasteiger partial charge in [-0.05, 0) is 38.0 Å². The zero-order valence-corrected chi connectivity index (χ0v) is 16.9. The number of carbonyl (C=O) groups excluding carboxylic acids is 1. The van der Waals surface area contributed by atoms with E-state index in [1.165, 1.54) is 12.1 Å². The fourth-order valence-electron chi connectivity index (χ4n) is 1.87. The van der Waals surface area contributed by atoms with Crippen LogP contribution in [0.1, 0.15) is 32.8 Å². The van der Waals surface area contributed by atoms with Gasteiger partial charge in [-0.15, -0.1) is 24.0 Å². The molecule has 24 heavy (non-hydrogen) atoms. The summed E-state index contributed by atoms with van der Waals surface area (Å²) in [4.78, 5) is 16.2. The summed E-state index contributed by atoms with van der Waals surface area (Å²) < 4.78 is 12.8. The molecular weight excluding hydrogens is 422 g/mol. The van der Waals surface area contributed by atoms with Gasteiger partial charge < -0.3 is 16.0 Å². The number of hydrogen-bond acceptors (Lipinski definition) is 2. The van der Waals surface area contributed by atoms with Gasteiger partial charge in [0.1, 0.15) is 5.82 Å². The van der Waals surface area contributed by atoms with Gasteiger partial charge in [-0.1, -0.05) is 19.1 Å². The lowest BCUT2D eigenvalue weighted by Gasteiger charge is -2.16. The van der Waals surface area contributed by atoms with Crippen molar-refractivity contribution in [3.63, 3.8) is 0 Å². The molecule has 1 atom stereocenters. The summed E-state index contributed by atoms with van der Waals surface area (Å²) in [7, 11) is 0. The minimum atomic E-state index is -0.298. The van der Waals surface area contributed by atoms with Crippen LogP contribution in [-0.4, -0.2) is 37.5 Å². The quantitative estimate of drug-likeness (QED) is 0.247. The maximum atomic E-state index is 12.8. The van der Waals surface area contributed by atoms with Gasteiger partial charge in [0.25, 0.3) is 0 Å². The van der Waals surface area contributed by atoms with Crippen LogP contribution in [0.5, 0.6) is 0 Å². The predicted octanol–water partition coefficient (Wildman–Crippen LogP) is 2.46. The van der Waals surface area contributed by atoms with Crippen LogP contribution in [-0.2, 0) is 11.2 Å². The first-order valence-electron chi connectivity index (χ1n) is 8.11. The molecule has 0 radical (unpaired) electrons. The molecule has 0 fully saturated rings. The van der Waals surface area contributed by atoms with Crippen molar-refractivity contribution in [1.82, 2.24) is 16.0 Å². The Labute approximate surface area is 160 Å². The second-order valence-electron chi connectivity index (χ2n) is 5.37. The molecule has 1 aromatic rings. The summed E-state index contributed by atoms with van der Waals surface area (Å²) in [6, 6.07) is 6.30. The van der Waals surface area contributed by atoms with Crippen molar-refractivity contribution in [3.8, 4) is 0 Å². The summed E-state index contributed by atoms with van der Waals surface area (Å²) >= 11 is 0. The molecule has 0 saturated heterocycles. The number of rotatable bonds is 8. The number of aliphatic imine (C=N–C) groups is 1. The number of nitrogens with zero attached hydrogens (tertiary/aromatic N) is 1. The van der Waals surface area contributed by atoms with Gasteiger partial charge in [0.15, 0.2) is 5.96 Å². The first-order chi connectivity index (χ1) is 11.0. The van der Waals surface area contributed by atoms with Gasteiger partial charge in [-0.3, -0.25) is 9.79 Å². The smallest absolute Gasteiger partial charge is 0.224 e. The fraction of sp³-hybridized carbons (Fsp3) is 0.529. The predicted molar refractivity (Wildman–Crippen MR) is 107 cm³/mol. The van der Waals surface area contributed by atoms with Crippen LogP contribution in [0.2, 0.25) is 0 Å². The van der Waals surface area contributed by atoms with E-state index in [9.17, 15) is 9.18 Å². The van der Waals surface area contributed by atoms with Crippen molar-refractivity contribution < 1.29 is 9.18 Å². The first kappa shape index (κ1) is 22.6. The standard InChI is InChI=1S/C17H27FN4O.HI/c1-4-13(3)22-17(19-5-2)21-11-10-20-16(23)12-14-6-8-15(18)9-7-14;/h6-9,13H,4-5,10-12H2,1-3H3,(H,20,23)(H2,19,21,22);1H. The number of nitrogens with one attached hydrogen (secondary N) is 3. The SMILES string of the molecule is CCNC(=NCCNC(=O)Cc1ccc(F)cc1)NC(C)CC.I. The number of amides is 1. The molecular formula is C17H28FIN4O. The second kappa shape index (κ2) is 13.0. The third-order valence-corrected chi connectivity index (χ3v) is 3.32. The third kappa shape index (κ3) is 9.69. The van der Waals surface area contributed by atoms with Crippen LogP contribution in [0.15, 0.2) is 29.3 Å². The van der Waals surface area contributed by atoms with Crippen molar-refractivity contribution >= 4 is 35.8 Å². The molecule has 7 heteroatoms. The minimum Gasteiger partial charge on any atom is -0.357 e. The monoisotopic (exact) mass is 450 g/mol. The van der Waals surface area contributed by atoms with Crippen molar-refractivity contribution in [3.05, 3.63) is 35.6 Å². The van der Waals surface area contributed by atoms with Gasteiger partial charge in [0.2, 0.25) is 5.91 Å². The van der Waals surface area contributed by atoms with Crippen LogP contribution < -0.4 is 16.0 Å². The number of benzene rings is 1. The summed E-state index contributed by atoms with van der Waals surface area (Å²) in [5, 5.41) is 9.28. The van der Waals surface area contributed by atoms with Crippen LogP contribution in [0, 0.1) is 5.82 Å². The molecule has 136 valence electrons. The molecule has 0 heterocycles. The van der Waals surface area contributed by atoms with Gasteiger partial charge >= 0.3 is 0 Å². The summed E-state index contributed by atoms with van der Waals surface area (Å²) in [6.45, 7) is 7.98. The maximum absolute atomic E-state index is 12.8. The zero-order chi connectivity index (χ0) is 17.1. The molecule has 0 aromatic heterocycles. The number of hydrogen-bond donors (Lipinski definition) is 3. The Morgan fingerprint density at radius 3 is 2.46 bits per heavy atom. The number of guanidine groups is 1. The van der Waals surface area contributed by atoms with Crippen molar-refractivity contribution in [2.45, 2.75) is 39.7 Å². The number of carbonyl (C=O) groups is 1. The molecule has 5 nitrogen and oxygen atoms in total. The van der Waals surface area contributed by atoms with Crippen LogP contribution in [0.3, 0.4) is 0 Å². The normalized spacial score (nSPS) is 12.1. The van der Waals surface area contributed by atoms with E-state index in [0.29, 0.717) is 19.1 Å². The summed E-state index contributed by atoms with van der Waals surface area (Å²) in [5.41, 5.74) is 0.791. The van der Waals surface area contributed by atoms with Gasteiger partial charge in [-0.25, -0.2) is 4.39 Å². The average Bonchev–Trinajstić information content (AvgIpc) is 2.53. The molecule has 1 rings (SSSR count). The lowest BCUT2D eigenvalue weighted by molar-refractivity contribution is -0.120. The van der Waals surface area contributed by atoms with E-state index in [1.54, 1.807) is 12.1 Å². The molecule has 1 aromatic carbocycles. The van der Waals surface area contributed by atoms with E-state index in [-0.39, 0.29) is 42.1 Å². The molecule has 0 aliphatic rings. The Balaban J connectivity index is 0.00000529. The molecule has 1 amide bonds. The van der Waals surface area contributed by atoms with Gasteiger partial charge in [-0.2, -0.15) is 0 Å². The van der Waals surface area contributed by atoms with Crippen molar-refractivity contribution in [2.24, 2.45) is 4.99 Å². The second-order valence-corrected chi connectivity index (χ2v) is 5.37. The highest BCUT2D eigenvalue weighted by molar-refractivity contribution is 14.0. The van der Waals surface area contributed by atoms with E-state index >= 15 is 0 Å². The minimum absolute atomic E-state index is 0. The van der Waals surface area contributed by atoms with Crippen LogP contribution in [0.25, 0.3) is 0 Å². The lowest BCUT2D eigenvalue weighted by atomic mass is 10.1. The van der Waals surface area contributed by atoms with E-state index in [0.717, 1.165) is 24.5 Å². The van der Waals surface area contributed by atoms with Crippen LogP contribution in [0.4, 0.5) is 4.39 Å². The van der Waals surface area contributed by atoms with E-state index in [4.69, 9.17) is 0 Å². The molecule has 0 saturated carbocycles. The molecule has 3 N–H and O–H groups in total. The Kier molecular flexibility index (Phi) is 12.2. The largest absolute Gasteiger partial charge is 0.357 e. The molecule has 0 spiro atoms. The highest BCUT2D eigenvalue weighted by atomic mass is 127. The summed E-state index contributed by atoms with van der Waals surface area (Å²) in [6.07, 6.45) is 1.26. The third-order valence-electron chi connectivity index (χ3n) is 3.32. The van der Waals surface area contributed by atoms with Gasteiger partial charge in [0, 0.05) is 19.1 Å². The van der Waals surface area contributed by atoms with Crippen molar-refractivity contribution in [1.29, 1.82) is 0 Å². The zero-order valence-electron chi connectivity index (χ0n) is 14.6. The summed E-state index contributed by atoms with van der Waals surface area (Å²) in [5.74, 6) is 0.370. The molecule has 0 bridgehead atoms. The Morgan fingerprint density at radius 1 is 1.21 bits per heavy atom. The van der Waals surface area contributed by atoms with E-state index < -0.39 is 0 Å². The molecule has 0 aliphatic heterocycles. The molecule has 0 aliphatic carbocycles. The maximum Gasteiger partial charge on any atom is 0.224 e. The van der Waals surface area contributed by atoms with E-state index in [1.807, 2.05) is 6.92 Å². The number of halogens is 2. The lowest BCUT2D eigenvalue weighted by Crippen LogP contribution is -2.42. The first-order valence-corrected chi connectivity index (χ1v) is 8.11. The fourth-order valence-corrected chi connectivity index (χ4v) is 1.87.